The van der Waals surface area contributed by atoms with Gasteiger partial charge in [0.2, 0.25) is 0 Å². The molecule has 54 valence electrons. The molecule has 0 fully saturated rings. The Morgan fingerprint density at radius 1 is 1.30 bits per heavy atom. The van der Waals surface area contributed by atoms with Gasteiger partial charge in [-0.1, -0.05) is 11.6 Å². The molecular formula is C6H6BrClN2. The molecule has 10 heavy (non-hydrogen) atoms. The summed E-state index contributed by atoms with van der Waals surface area (Å²) >= 11 is 8.89. The number of hydrogen-bond donors (Lipinski definition) is 2. The van der Waals surface area contributed by atoms with Gasteiger partial charge in [-0.3, -0.25) is 0 Å². The Bertz CT molecular complexity index is 239. The van der Waals surface area contributed by atoms with E-state index in [1.54, 1.807) is 12.1 Å². The maximum absolute atomic E-state index is 5.68. The number of rotatable bonds is 0. The highest BCUT2D eigenvalue weighted by Crippen LogP contribution is 2.29. The molecule has 0 unspecified atom stereocenters. The molecule has 0 aromatic heterocycles. The lowest BCUT2D eigenvalue weighted by molar-refractivity contribution is 1.62. The SMILES string of the molecule is Nc1cc(Cl)c(N)c(Br)c1. The Morgan fingerprint density at radius 2 is 1.90 bits per heavy atom. The summed E-state index contributed by atoms with van der Waals surface area (Å²) in [5, 5.41) is 0.479. The molecular weight excluding hydrogens is 215 g/mol. The number of nitrogen functional groups attached to an aromatic ring is 2. The van der Waals surface area contributed by atoms with Crippen molar-refractivity contribution in [1.29, 1.82) is 0 Å². The van der Waals surface area contributed by atoms with Gasteiger partial charge >= 0.3 is 0 Å². The van der Waals surface area contributed by atoms with E-state index in [-0.39, 0.29) is 0 Å². The molecule has 0 saturated heterocycles. The second-order valence-corrected chi connectivity index (χ2v) is 3.16. The monoisotopic (exact) mass is 220 g/mol. The van der Waals surface area contributed by atoms with Gasteiger partial charge < -0.3 is 11.5 Å². The largest absolute Gasteiger partial charge is 0.399 e. The van der Waals surface area contributed by atoms with Gasteiger partial charge in [0.05, 0.1) is 10.7 Å². The van der Waals surface area contributed by atoms with Crippen LogP contribution in [0.2, 0.25) is 5.02 Å². The highest BCUT2D eigenvalue weighted by atomic mass is 79.9. The third kappa shape index (κ3) is 1.36. The quantitative estimate of drug-likeness (QED) is 0.660. The number of nitrogens with two attached hydrogens (primary N) is 2. The third-order valence-electron chi connectivity index (χ3n) is 1.10. The second kappa shape index (κ2) is 2.68. The first kappa shape index (κ1) is 7.69. The fraction of sp³-hybridized carbons (Fsp3) is 0. The zero-order valence-electron chi connectivity index (χ0n) is 5.07. The molecule has 0 amide bonds. The van der Waals surface area contributed by atoms with Gasteiger partial charge in [0.1, 0.15) is 0 Å². The maximum Gasteiger partial charge on any atom is 0.0667 e. The number of anilines is 2. The number of halogens is 2. The van der Waals surface area contributed by atoms with E-state index >= 15 is 0 Å². The van der Waals surface area contributed by atoms with E-state index in [0.717, 1.165) is 4.47 Å². The van der Waals surface area contributed by atoms with Crippen LogP contribution in [0.15, 0.2) is 16.6 Å². The van der Waals surface area contributed by atoms with Crippen LogP contribution in [0, 0.1) is 0 Å². The molecule has 0 saturated carbocycles. The first-order chi connectivity index (χ1) is 4.61. The van der Waals surface area contributed by atoms with Crippen molar-refractivity contribution in [2.75, 3.05) is 11.5 Å². The Hall–Kier alpha value is -0.410. The lowest BCUT2D eigenvalue weighted by Gasteiger charge is -2.01. The molecule has 0 aliphatic carbocycles. The molecule has 4 heteroatoms. The van der Waals surface area contributed by atoms with Crippen molar-refractivity contribution in [3.8, 4) is 0 Å². The van der Waals surface area contributed by atoms with Crippen LogP contribution in [0.4, 0.5) is 11.4 Å². The van der Waals surface area contributed by atoms with Crippen LogP contribution in [0.25, 0.3) is 0 Å². The summed E-state index contributed by atoms with van der Waals surface area (Å²) in [6, 6.07) is 3.32. The average Bonchev–Trinajstić information content (AvgIpc) is 1.82. The summed E-state index contributed by atoms with van der Waals surface area (Å²) in [6.07, 6.45) is 0. The van der Waals surface area contributed by atoms with Crippen molar-refractivity contribution < 1.29 is 0 Å². The van der Waals surface area contributed by atoms with Gasteiger partial charge in [-0.25, -0.2) is 0 Å². The van der Waals surface area contributed by atoms with Gasteiger partial charge in [0, 0.05) is 10.2 Å². The summed E-state index contributed by atoms with van der Waals surface area (Å²) in [5.74, 6) is 0. The van der Waals surface area contributed by atoms with Crippen molar-refractivity contribution in [2.45, 2.75) is 0 Å². The van der Waals surface area contributed by atoms with Crippen LogP contribution in [-0.4, -0.2) is 0 Å². The predicted octanol–water partition coefficient (Wildman–Crippen LogP) is 2.27. The van der Waals surface area contributed by atoms with E-state index in [0.29, 0.717) is 16.4 Å². The van der Waals surface area contributed by atoms with Gasteiger partial charge in [0.15, 0.2) is 0 Å². The van der Waals surface area contributed by atoms with E-state index in [2.05, 4.69) is 15.9 Å². The first-order valence-corrected chi connectivity index (χ1v) is 3.78. The summed E-state index contributed by atoms with van der Waals surface area (Å²) < 4.78 is 0.734. The summed E-state index contributed by atoms with van der Waals surface area (Å²) in [6.45, 7) is 0. The predicted molar refractivity (Wildman–Crippen MR) is 48.0 cm³/mol. The topological polar surface area (TPSA) is 52.0 Å². The molecule has 0 radical (unpaired) electrons. The van der Waals surface area contributed by atoms with Crippen LogP contribution in [-0.2, 0) is 0 Å². The van der Waals surface area contributed by atoms with Gasteiger partial charge in [-0.2, -0.15) is 0 Å². The van der Waals surface area contributed by atoms with Crippen LogP contribution >= 0.6 is 27.5 Å². The summed E-state index contributed by atoms with van der Waals surface area (Å²) in [5.41, 5.74) is 12.1. The van der Waals surface area contributed by atoms with Crippen molar-refractivity contribution in [2.24, 2.45) is 0 Å². The summed E-state index contributed by atoms with van der Waals surface area (Å²) in [4.78, 5) is 0. The summed E-state index contributed by atoms with van der Waals surface area (Å²) in [7, 11) is 0. The molecule has 0 bridgehead atoms. The zero-order valence-corrected chi connectivity index (χ0v) is 7.41. The average molecular weight is 221 g/mol. The van der Waals surface area contributed by atoms with Crippen molar-refractivity contribution in [1.82, 2.24) is 0 Å². The van der Waals surface area contributed by atoms with E-state index in [4.69, 9.17) is 23.1 Å². The molecule has 0 aliphatic heterocycles. The van der Waals surface area contributed by atoms with Gasteiger partial charge in [-0.15, -0.1) is 0 Å². The van der Waals surface area contributed by atoms with E-state index in [1.165, 1.54) is 0 Å². The third-order valence-corrected chi connectivity index (χ3v) is 2.07. The van der Waals surface area contributed by atoms with Crippen LogP contribution in [0.5, 0.6) is 0 Å². The molecule has 1 rings (SSSR count). The minimum Gasteiger partial charge on any atom is -0.399 e. The molecule has 1 aromatic carbocycles. The molecule has 0 heterocycles. The normalized spacial score (nSPS) is 9.80. The lowest BCUT2D eigenvalue weighted by Crippen LogP contribution is -1.91. The van der Waals surface area contributed by atoms with Crippen molar-refractivity contribution >= 4 is 38.9 Å². The standard InChI is InChI=1S/C6H6BrClN2/c7-4-1-3(9)2-5(8)6(4)10/h1-2H,9-10H2. The maximum atomic E-state index is 5.68. The second-order valence-electron chi connectivity index (χ2n) is 1.90. The van der Waals surface area contributed by atoms with E-state index < -0.39 is 0 Å². The minimum atomic E-state index is 0.479. The first-order valence-electron chi connectivity index (χ1n) is 2.61. The fourth-order valence-corrected chi connectivity index (χ4v) is 1.42. The Morgan fingerprint density at radius 3 is 2.40 bits per heavy atom. The molecule has 1 aromatic rings. The van der Waals surface area contributed by atoms with E-state index in [1.807, 2.05) is 0 Å². The van der Waals surface area contributed by atoms with Crippen LogP contribution < -0.4 is 11.5 Å². The number of benzene rings is 1. The fourth-order valence-electron chi connectivity index (χ4n) is 0.604. The highest BCUT2D eigenvalue weighted by Gasteiger charge is 2.00. The minimum absolute atomic E-state index is 0.479. The van der Waals surface area contributed by atoms with Gasteiger partial charge in [-0.05, 0) is 28.1 Å². The smallest absolute Gasteiger partial charge is 0.0667 e. The molecule has 0 aliphatic rings. The van der Waals surface area contributed by atoms with Crippen LogP contribution in [0.1, 0.15) is 0 Å². The Kier molecular flexibility index (Phi) is 2.06. The van der Waals surface area contributed by atoms with Crippen molar-refractivity contribution in [3.05, 3.63) is 21.6 Å². The zero-order chi connectivity index (χ0) is 7.72. The molecule has 0 atom stereocenters. The van der Waals surface area contributed by atoms with Crippen LogP contribution in [0.3, 0.4) is 0 Å². The number of hydrogen-bond acceptors (Lipinski definition) is 2. The molecule has 2 nitrogen and oxygen atoms in total. The Balaban J connectivity index is 3.31. The lowest BCUT2D eigenvalue weighted by atomic mass is 10.3. The molecule has 4 N–H and O–H groups in total. The van der Waals surface area contributed by atoms with Crippen molar-refractivity contribution in [3.63, 3.8) is 0 Å². The Labute approximate surface area is 72.3 Å². The van der Waals surface area contributed by atoms with E-state index in [9.17, 15) is 0 Å². The molecule has 0 spiro atoms. The van der Waals surface area contributed by atoms with Gasteiger partial charge in [0.25, 0.3) is 0 Å². The highest BCUT2D eigenvalue weighted by molar-refractivity contribution is 9.10.